The number of amides is 1. The molecule has 192 valence electrons. The summed E-state index contributed by atoms with van der Waals surface area (Å²) in [6.07, 6.45) is 2.65. The highest BCUT2D eigenvalue weighted by atomic mass is 35.5. The Kier molecular flexibility index (Phi) is 7.51. The van der Waals surface area contributed by atoms with Crippen molar-refractivity contribution < 1.29 is 9.53 Å². The number of nitrogens with one attached hydrogen (secondary N) is 1. The van der Waals surface area contributed by atoms with E-state index in [9.17, 15) is 4.79 Å². The molecule has 0 spiro atoms. The number of carbonyl (C=O) groups excluding carboxylic acids is 1. The van der Waals surface area contributed by atoms with Gasteiger partial charge in [-0.25, -0.2) is 4.98 Å². The molecule has 0 atom stereocenters. The highest BCUT2D eigenvalue weighted by Gasteiger charge is 2.19. The van der Waals surface area contributed by atoms with Gasteiger partial charge in [0.25, 0.3) is 5.91 Å². The van der Waals surface area contributed by atoms with E-state index < -0.39 is 0 Å². The number of halogens is 1. The average molecular weight is 518 g/mol. The number of benzene rings is 2. The minimum absolute atomic E-state index is 0.133. The summed E-state index contributed by atoms with van der Waals surface area (Å²) in [5.41, 5.74) is 5.66. The van der Waals surface area contributed by atoms with Crippen LogP contribution in [0.15, 0.2) is 66.9 Å². The molecule has 0 radical (unpaired) electrons. The summed E-state index contributed by atoms with van der Waals surface area (Å²) in [5, 5.41) is 3.74. The van der Waals surface area contributed by atoms with Crippen LogP contribution >= 0.6 is 11.6 Å². The molecule has 0 unspecified atom stereocenters. The Labute approximate surface area is 222 Å². The van der Waals surface area contributed by atoms with Gasteiger partial charge in [0, 0.05) is 48.8 Å². The third-order valence-corrected chi connectivity index (χ3v) is 6.97. The molecule has 2 aromatic heterocycles. The van der Waals surface area contributed by atoms with E-state index in [1.54, 1.807) is 0 Å². The largest absolute Gasteiger partial charge is 0.492 e. The molecule has 1 aliphatic rings. The number of imidazole rings is 1. The second-order valence-corrected chi connectivity index (χ2v) is 9.68. The molecule has 0 aliphatic carbocycles. The maximum absolute atomic E-state index is 12.9. The van der Waals surface area contributed by atoms with E-state index in [-0.39, 0.29) is 5.91 Å². The van der Waals surface area contributed by atoms with Crippen molar-refractivity contribution in [3.05, 3.63) is 88.8 Å². The van der Waals surface area contributed by atoms with Gasteiger partial charge in [-0.05, 0) is 73.5 Å². The predicted octanol–water partition coefficient (Wildman–Crippen LogP) is 4.99. The summed E-state index contributed by atoms with van der Waals surface area (Å²) in [4.78, 5) is 22.3. The molecule has 1 amide bonds. The first-order chi connectivity index (χ1) is 18.0. The summed E-state index contributed by atoms with van der Waals surface area (Å²) in [5.74, 6) is 0.657. The Balaban J connectivity index is 1.10. The molecule has 4 aromatic rings. The first kappa shape index (κ1) is 25.0. The van der Waals surface area contributed by atoms with Crippen LogP contribution in [0.2, 0.25) is 5.02 Å². The first-order valence-electron chi connectivity index (χ1n) is 12.8. The van der Waals surface area contributed by atoms with Crippen molar-refractivity contribution >= 4 is 34.5 Å². The van der Waals surface area contributed by atoms with E-state index in [1.807, 2.05) is 60.8 Å². The number of aromatic nitrogens is 2. The van der Waals surface area contributed by atoms with Crippen LogP contribution < -0.4 is 19.9 Å². The molecule has 8 heteroatoms. The number of hydrogen-bond donors (Lipinski definition) is 1. The number of nitrogens with zero attached hydrogens (tertiary/aromatic N) is 4. The van der Waals surface area contributed by atoms with Gasteiger partial charge >= 0.3 is 0 Å². The molecule has 2 aromatic carbocycles. The third-order valence-electron chi connectivity index (χ3n) is 6.72. The minimum atomic E-state index is -0.133. The van der Waals surface area contributed by atoms with Gasteiger partial charge in [-0.2, -0.15) is 0 Å². The fourth-order valence-electron chi connectivity index (χ4n) is 4.73. The van der Waals surface area contributed by atoms with Crippen LogP contribution in [0.4, 0.5) is 11.4 Å². The van der Waals surface area contributed by atoms with E-state index in [0.29, 0.717) is 25.3 Å². The number of carbonyl (C=O) groups is 1. The van der Waals surface area contributed by atoms with Crippen molar-refractivity contribution in [1.82, 2.24) is 14.7 Å². The molecule has 7 nitrogen and oxygen atoms in total. The lowest BCUT2D eigenvalue weighted by Gasteiger charge is -2.37. The van der Waals surface area contributed by atoms with E-state index >= 15 is 0 Å². The number of piperazine rings is 1. The van der Waals surface area contributed by atoms with Crippen molar-refractivity contribution in [1.29, 1.82) is 0 Å². The normalized spacial score (nSPS) is 13.7. The third kappa shape index (κ3) is 5.67. The number of aryl methyl sites for hydroxylation is 2. The zero-order chi connectivity index (χ0) is 25.8. The smallest absolute Gasteiger partial charge is 0.270 e. The van der Waals surface area contributed by atoms with Gasteiger partial charge < -0.3 is 19.9 Å². The van der Waals surface area contributed by atoms with Gasteiger partial charge in [0.05, 0.1) is 12.2 Å². The van der Waals surface area contributed by atoms with Gasteiger partial charge in [0.1, 0.15) is 23.7 Å². The maximum Gasteiger partial charge on any atom is 0.270 e. The van der Waals surface area contributed by atoms with Gasteiger partial charge in [-0.3, -0.25) is 9.20 Å². The molecule has 3 heterocycles. The Bertz CT molecular complexity index is 1360. The SMILES string of the molecule is CCc1nc2ccc(C)cn2c1C(=O)NCCOc1ccc(N2CCN(c3ccc(Cl)cc3)CC2)cc1. The minimum Gasteiger partial charge on any atom is -0.492 e. The van der Waals surface area contributed by atoms with Crippen molar-refractivity contribution in [3.63, 3.8) is 0 Å². The highest BCUT2D eigenvalue weighted by Crippen LogP contribution is 2.24. The molecular weight excluding hydrogens is 486 g/mol. The van der Waals surface area contributed by atoms with Crippen molar-refractivity contribution in [2.45, 2.75) is 20.3 Å². The molecule has 1 fully saturated rings. The van der Waals surface area contributed by atoms with Crippen molar-refractivity contribution in [2.24, 2.45) is 0 Å². The zero-order valence-electron chi connectivity index (χ0n) is 21.3. The first-order valence-corrected chi connectivity index (χ1v) is 13.1. The predicted molar refractivity (Wildman–Crippen MR) is 149 cm³/mol. The Hall–Kier alpha value is -3.71. The van der Waals surface area contributed by atoms with Crippen LogP contribution in [0.1, 0.15) is 28.7 Å². The standard InChI is InChI=1S/C29H32ClN5O2/c1-3-26-28(35-20-21(2)4-13-27(35)32-26)29(36)31-14-19-37-25-11-9-24(10-12-25)34-17-15-33(16-18-34)23-7-5-22(30)6-8-23/h4-13,20H,3,14-19H2,1-2H3,(H,31,36). The summed E-state index contributed by atoms with van der Waals surface area (Å²) in [6.45, 7) is 8.66. The molecule has 5 rings (SSSR count). The average Bonchev–Trinajstić information content (AvgIpc) is 3.30. The Morgan fingerprint density at radius 1 is 0.946 bits per heavy atom. The highest BCUT2D eigenvalue weighted by molar-refractivity contribution is 6.30. The molecule has 37 heavy (non-hydrogen) atoms. The number of anilines is 2. The number of pyridine rings is 1. The molecule has 0 bridgehead atoms. The lowest BCUT2D eigenvalue weighted by molar-refractivity contribution is 0.0940. The van der Waals surface area contributed by atoms with Crippen molar-refractivity contribution in [2.75, 3.05) is 49.1 Å². The lowest BCUT2D eigenvalue weighted by atomic mass is 10.2. The topological polar surface area (TPSA) is 62.1 Å². The van der Waals surface area contributed by atoms with Crippen LogP contribution in [0, 0.1) is 6.92 Å². The van der Waals surface area contributed by atoms with Gasteiger partial charge in [-0.15, -0.1) is 0 Å². The molecule has 1 N–H and O–H groups in total. The quantitative estimate of drug-likeness (QED) is 0.333. The van der Waals surface area contributed by atoms with Gasteiger partial charge in [-0.1, -0.05) is 24.6 Å². The zero-order valence-corrected chi connectivity index (χ0v) is 22.0. The second kappa shape index (κ2) is 11.1. The molecule has 0 saturated carbocycles. The summed E-state index contributed by atoms with van der Waals surface area (Å²) >= 11 is 6.02. The van der Waals surface area contributed by atoms with E-state index in [2.05, 4.69) is 44.4 Å². The Morgan fingerprint density at radius 3 is 2.19 bits per heavy atom. The van der Waals surface area contributed by atoms with Gasteiger partial charge in [0.15, 0.2) is 0 Å². The monoisotopic (exact) mass is 517 g/mol. The van der Waals surface area contributed by atoms with E-state index in [1.165, 1.54) is 11.4 Å². The van der Waals surface area contributed by atoms with Crippen LogP contribution in [0.5, 0.6) is 5.75 Å². The number of ether oxygens (including phenoxy) is 1. The van der Waals surface area contributed by atoms with Crippen molar-refractivity contribution in [3.8, 4) is 5.75 Å². The van der Waals surface area contributed by atoms with Crippen LogP contribution in [-0.4, -0.2) is 54.6 Å². The summed E-state index contributed by atoms with van der Waals surface area (Å²) in [6, 6.07) is 20.2. The van der Waals surface area contributed by atoms with E-state index in [4.69, 9.17) is 16.3 Å². The second-order valence-electron chi connectivity index (χ2n) is 9.24. The summed E-state index contributed by atoms with van der Waals surface area (Å²) in [7, 11) is 0. The number of hydrogen-bond acceptors (Lipinski definition) is 5. The number of rotatable bonds is 8. The maximum atomic E-state index is 12.9. The fraction of sp³-hybridized carbons (Fsp3) is 0.310. The van der Waals surface area contributed by atoms with Crippen LogP contribution in [0.25, 0.3) is 5.65 Å². The molecule has 1 aliphatic heterocycles. The lowest BCUT2D eigenvalue weighted by Crippen LogP contribution is -2.46. The molecular formula is C29H32ClN5O2. The number of fused-ring (bicyclic) bond motifs is 1. The Morgan fingerprint density at radius 2 is 1.57 bits per heavy atom. The van der Waals surface area contributed by atoms with Gasteiger partial charge in [0.2, 0.25) is 0 Å². The summed E-state index contributed by atoms with van der Waals surface area (Å²) < 4.78 is 7.76. The fourth-order valence-corrected chi connectivity index (χ4v) is 4.86. The molecule has 1 saturated heterocycles. The van der Waals surface area contributed by atoms with E-state index in [0.717, 1.165) is 53.9 Å². The van der Waals surface area contributed by atoms with Crippen LogP contribution in [0.3, 0.4) is 0 Å². The van der Waals surface area contributed by atoms with Crippen LogP contribution in [-0.2, 0) is 6.42 Å².